The Morgan fingerprint density at radius 3 is 2.39 bits per heavy atom. The van der Waals surface area contributed by atoms with E-state index < -0.39 is 47.9 Å². The van der Waals surface area contributed by atoms with Crippen molar-refractivity contribution >= 4 is 36.3 Å². The van der Waals surface area contributed by atoms with Crippen LogP contribution in [0.4, 0.5) is 0 Å². The summed E-state index contributed by atoms with van der Waals surface area (Å²) in [6.07, 6.45) is 3.25. The van der Waals surface area contributed by atoms with Crippen LogP contribution in [0.15, 0.2) is 0 Å². The first kappa shape index (κ1) is 27.2. The molecule has 0 saturated carbocycles. The molecule has 0 aromatic heterocycles. The fourth-order valence-corrected chi connectivity index (χ4v) is 3.82. The standard InChI is InChI=1S/C20H37N5O5S/c1-12(2)10-14(20(29)30)23-18(27)16-7-5-9-25(16)19(28)15(11-31)24-17(26)13(22)6-3-4-8-21/h12-16,31H,3-11,21-22H2,1-2H3,(H,23,27)(H,24,26)(H,29,30)/t13-,14-,15-,16-/m0/s1. The lowest BCUT2D eigenvalue weighted by atomic mass is 10.0. The van der Waals surface area contributed by atoms with Gasteiger partial charge in [0.2, 0.25) is 17.7 Å². The molecule has 0 bridgehead atoms. The van der Waals surface area contributed by atoms with Crippen molar-refractivity contribution in [2.24, 2.45) is 17.4 Å². The molecule has 1 fully saturated rings. The molecule has 1 heterocycles. The summed E-state index contributed by atoms with van der Waals surface area (Å²) in [6, 6.07) is -3.47. The van der Waals surface area contributed by atoms with E-state index >= 15 is 0 Å². The number of hydrogen-bond donors (Lipinski definition) is 6. The number of carbonyl (C=O) groups excluding carboxylic acids is 3. The van der Waals surface area contributed by atoms with Crippen molar-refractivity contribution in [1.82, 2.24) is 15.5 Å². The minimum Gasteiger partial charge on any atom is -0.480 e. The van der Waals surface area contributed by atoms with Crippen LogP contribution in [-0.4, -0.2) is 76.7 Å². The average Bonchev–Trinajstić information content (AvgIpc) is 3.20. The molecule has 11 heteroatoms. The number of hydrogen-bond acceptors (Lipinski definition) is 7. The number of aliphatic carboxylic acids is 1. The first-order chi connectivity index (χ1) is 14.6. The van der Waals surface area contributed by atoms with Gasteiger partial charge in [0.05, 0.1) is 6.04 Å². The first-order valence-electron chi connectivity index (χ1n) is 10.8. The number of carboxylic acid groups (broad SMARTS) is 1. The van der Waals surface area contributed by atoms with Crippen molar-refractivity contribution in [2.45, 2.75) is 76.5 Å². The molecule has 1 aliphatic rings. The zero-order valence-electron chi connectivity index (χ0n) is 18.4. The molecule has 3 amide bonds. The maximum Gasteiger partial charge on any atom is 0.326 e. The number of amides is 3. The predicted molar refractivity (Wildman–Crippen MR) is 120 cm³/mol. The molecule has 0 radical (unpaired) electrons. The van der Waals surface area contributed by atoms with Gasteiger partial charge in [0.1, 0.15) is 18.1 Å². The van der Waals surface area contributed by atoms with E-state index in [1.165, 1.54) is 4.90 Å². The van der Waals surface area contributed by atoms with Gasteiger partial charge in [-0.3, -0.25) is 14.4 Å². The van der Waals surface area contributed by atoms with E-state index in [1.807, 2.05) is 13.8 Å². The minimum absolute atomic E-state index is 0.0516. The van der Waals surface area contributed by atoms with Gasteiger partial charge in [0.15, 0.2) is 0 Å². The van der Waals surface area contributed by atoms with E-state index in [4.69, 9.17) is 11.5 Å². The Kier molecular flexibility index (Phi) is 11.9. The van der Waals surface area contributed by atoms with Gasteiger partial charge in [-0.2, -0.15) is 12.6 Å². The summed E-state index contributed by atoms with van der Waals surface area (Å²) in [5, 5.41) is 14.5. The molecule has 0 spiro atoms. The van der Waals surface area contributed by atoms with Crippen LogP contribution < -0.4 is 22.1 Å². The molecule has 1 rings (SSSR count). The van der Waals surface area contributed by atoms with E-state index in [1.54, 1.807) is 0 Å². The fourth-order valence-electron chi connectivity index (χ4n) is 3.57. The lowest BCUT2D eigenvalue weighted by molar-refractivity contribution is -0.145. The second kappa shape index (κ2) is 13.5. The van der Waals surface area contributed by atoms with Crippen molar-refractivity contribution in [3.8, 4) is 0 Å². The quantitative estimate of drug-likeness (QED) is 0.159. The largest absolute Gasteiger partial charge is 0.480 e. The number of carbonyl (C=O) groups is 4. The van der Waals surface area contributed by atoms with Gasteiger partial charge >= 0.3 is 5.97 Å². The van der Waals surface area contributed by atoms with Gasteiger partial charge in [-0.05, 0) is 44.6 Å². The molecule has 0 unspecified atom stereocenters. The third kappa shape index (κ3) is 8.66. The highest BCUT2D eigenvalue weighted by molar-refractivity contribution is 7.80. The van der Waals surface area contributed by atoms with Gasteiger partial charge in [0, 0.05) is 12.3 Å². The van der Waals surface area contributed by atoms with Gasteiger partial charge in [0.25, 0.3) is 0 Å². The normalized spacial score (nSPS) is 19.0. The van der Waals surface area contributed by atoms with Gasteiger partial charge in [-0.25, -0.2) is 4.79 Å². The smallest absolute Gasteiger partial charge is 0.326 e. The minimum atomic E-state index is -1.11. The van der Waals surface area contributed by atoms with Crippen LogP contribution in [0, 0.1) is 5.92 Å². The Labute approximate surface area is 189 Å². The predicted octanol–water partition coefficient (Wildman–Crippen LogP) is -0.536. The fraction of sp³-hybridized carbons (Fsp3) is 0.800. The van der Waals surface area contributed by atoms with E-state index in [0.717, 1.165) is 6.42 Å². The van der Waals surface area contributed by atoms with Crippen molar-refractivity contribution < 1.29 is 24.3 Å². The number of carboxylic acids is 1. The number of nitrogens with one attached hydrogen (secondary N) is 2. The van der Waals surface area contributed by atoms with Gasteiger partial charge < -0.3 is 32.1 Å². The Bertz CT molecular complexity index is 633. The molecule has 0 aliphatic carbocycles. The van der Waals surface area contributed by atoms with Crippen molar-refractivity contribution in [2.75, 3.05) is 18.8 Å². The molecule has 31 heavy (non-hydrogen) atoms. The molecule has 1 aliphatic heterocycles. The Balaban J connectivity index is 2.77. The lowest BCUT2D eigenvalue weighted by Gasteiger charge is -2.29. The van der Waals surface area contributed by atoms with Crippen LogP contribution >= 0.6 is 12.6 Å². The molecule has 0 aromatic carbocycles. The van der Waals surface area contributed by atoms with E-state index in [-0.39, 0.29) is 11.7 Å². The molecule has 4 atom stereocenters. The topological polar surface area (TPSA) is 168 Å². The molecule has 178 valence electrons. The highest BCUT2D eigenvalue weighted by Gasteiger charge is 2.38. The maximum atomic E-state index is 13.0. The summed E-state index contributed by atoms with van der Waals surface area (Å²) >= 11 is 4.18. The molecular formula is C20H37N5O5S. The number of nitrogens with zero attached hydrogens (tertiary/aromatic N) is 1. The maximum absolute atomic E-state index is 13.0. The van der Waals surface area contributed by atoms with Crippen molar-refractivity contribution in [3.05, 3.63) is 0 Å². The van der Waals surface area contributed by atoms with Crippen molar-refractivity contribution in [3.63, 3.8) is 0 Å². The summed E-state index contributed by atoms with van der Waals surface area (Å²) in [4.78, 5) is 51.0. The van der Waals surface area contributed by atoms with Crippen LogP contribution in [0.25, 0.3) is 0 Å². The molecular weight excluding hydrogens is 422 g/mol. The second-order valence-electron chi connectivity index (χ2n) is 8.35. The van der Waals surface area contributed by atoms with Crippen LogP contribution in [0.1, 0.15) is 52.4 Å². The van der Waals surface area contributed by atoms with Crippen molar-refractivity contribution in [1.29, 1.82) is 0 Å². The highest BCUT2D eigenvalue weighted by Crippen LogP contribution is 2.20. The highest BCUT2D eigenvalue weighted by atomic mass is 32.1. The molecule has 7 N–H and O–H groups in total. The Morgan fingerprint density at radius 2 is 1.84 bits per heavy atom. The number of rotatable bonds is 13. The molecule has 10 nitrogen and oxygen atoms in total. The monoisotopic (exact) mass is 459 g/mol. The summed E-state index contributed by atoms with van der Waals surface area (Å²) in [6.45, 7) is 4.61. The first-order valence-corrected chi connectivity index (χ1v) is 11.5. The average molecular weight is 460 g/mol. The number of nitrogens with two attached hydrogens (primary N) is 2. The number of likely N-dealkylation sites (tertiary alicyclic amines) is 1. The Morgan fingerprint density at radius 1 is 1.16 bits per heavy atom. The SMILES string of the molecule is CC(C)C[C@H](NC(=O)[C@@H]1CCCN1C(=O)[C@H](CS)NC(=O)[C@@H](N)CCCCN)C(=O)O. The summed E-state index contributed by atoms with van der Waals surface area (Å²) in [5.74, 6) is -2.35. The zero-order chi connectivity index (χ0) is 23.6. The summed E-state index contributed by atoms with van der Waals surface area (Å²) in [5.41, 5.74) is 11.3. The number of thiol groups is 1. The Hall–Kier alpha value is -1.85. The van der Waals surface area contributed by atoms with Crippen LogP contribution in [0.3, 0.4) is 0 Å². The third-order valence-electron chi connectivity index (χ3n) is 5.26. The molecule has 0 aromatic rings. The summed E-state index contributed by atoms with van der Waals surface area (Å²) in [7, 11) is 0. The second-order valence-corrected chi connectivity index (χ2v) is 8.72. The van der Waals surface area contributed by atoms with Crippen LogP contribution in [0.2, 0.25) is 0 Å². The zero-order valence-corrected chi connectivity index (χ0v) is 19.3. The van der Waals surface area contributed by atoms with Crippen LogP contribution in [0.5, 0.6) is 0 Å². The van der Waals surface area contributed by atoms with E-state index in [0.29, 0.717) is 45.2 Å². The lowest BCUT2D eigenvalue weighted by Crippen LogP contribution is -2.57. The van der Waals surface area contributed by atoms with E-state index in [2.05, 4.69) is 23.3 Å². The molecule has 1 saturated heterocycles. The van der Waals surface area contributed by atoms with E-state index in [9.17, 15) is 24.3 Å². The van der Waals surface area contributed by atoms with Crippen LogP contribution in [-0.2, 0) is 19.2 Å². The summed E-state index contributed by atoms with van der Waals surface area (Å²) < 4.78 is 0. The van der Waals surface area contributed by atoms with Gasteiger partial charge in [-0.1, -0.05) is 20.3 Å². The number of unbranched alkanes of at least 4 members (excludes halogenated alkanes) is 1. The van der Waals surface area contributed by atoms with Gasteiger partial charge in [-0.15, -0.1) is 0 Å². The third-order valence-corrected chi connectivity index (χ3v) is 5.63.